The maximum Gasteiger partial charge on any atom is 0.261 e. The van der Waals surface area contributed by atoms with E-state index in [1.54, 1.807) is 23.1 Å². The summed E-state index contributed by atoms with van der Waals surface area (Å²) in [6, 6.07) is 14.7. The van der Waals surface area contributed by atoms with Crippen LogP contribution in [0.25, 0.3) is 10.9 Å². The molecule has 4 rings (SSSR count). The van der Waals surface area contributed by atoms with Crippen LogP contribution in [0, 0.1) is 5.53 Å². The van der Waals surface area contributed by atoms with Gasteiger partial charge in [0.05, 0.1) is 55.7 Å². The van der Waals surface area contributed by atoms with Crippen LogP contribution in [0.2, 0.25) is 0 Å². The number of hydrogen-bond acceptors (Lipinski definition) is 9. The van der Waals surface area contributed by atoms with Gasteiger partial charge in [-0.2, -0.15) is 5.53 Å². The Bertz CT molecular complexity index is 1410. The predicted octanol–water partition coefficient (Wildman–Crippen LogP) is 1.89. The number of hydrogen-bond donors (Lipinski definition) is 4. The molecule has 2 amide bonds. The van der Waals surface area contributed by atoms with Crippen molar-refractivity contribution < 1.29 is 24.2 Å². The summed E-state index contributed by atoms with van der Waals surface area (Å²) < 4.78 is 12.0. The lowest BCUT2D eigenvalue weighted by molar-refractivity contribution is -0.135. The molecule has 1 fully saturated rings. The summed E-state index contributed by atoms with van der Waals surface area (Å²) in [6.07, 6.45) is 3.24. The number of fused-ring (bicyclic) bond motifs is 1. The fourth-order valence-corrected chi connectivity index (χ4v) is 4.81. The van der Waals surface area contributed by atoms with Crippen molar-refractivity contribution in [1.29, 1.82) is 5.53 Å². The largest absolute Gasteiger partial charge is 0.388 e. The zero-order valence-corrected chi connectivity index (χ0v) is 23.5. The van der Waals surface area contributed by atoms with Crippen LogP contribution in [0.3, 0.4) is 0 Å². The lowest BCUT2D eigenvalue weighted by atomic mass is 9.91. The Morgan fingerprint density at radius 1 is 1.07 bits per heavy atom. The third-order valence-corrected chi connectivity index (χ3v) is 7.13. The van der Waals surface area contributed by atoms with Crippen molar-refractivity contribution in [1.82, 2.24) is 19.9 Å². The maximum atomic E-state index is 13.2. The molecule has 3 aromatic rings. The van der Waals surface area contributed by atoms with E-state index < -0.39 is 5.60 Å². The van der Waals surface area contributed by atoms with Crippen LogP contribution in [0.5, 0.6) is 0 Å². The van der Waals surface area contributed by atoms with E-state index in [9.17, 15) is 19.5 Å². The zero-order valence-electron chi connectivity index (χ0n) is 23.5. The van der Waals surface area contributed by atoms with Crippen molar-refractivity contribution in [2.24, 2.45) is 5.22 Å². The Kier molecular flexibility index (Phi) is 11.1. The summed E-state index contributed by atoms with van der Waals surface area (Å²) in [5.41, 5.74) is 9.65. The molecule has 1 aliphatic heterocycles. The van der Waals surface area contributed by atoms with Gasteiger partial charge in [-0.1, -0.05) is 35.6 Å². The van der Waals surface area contributed by atoms with E-state index in [2.05, 4.69) is 20.9 Å². The monoisotopic (exact) mass is 579 g/mol. The molecule has 0 spiro atoms. The summed E-state index contributed by atoms with van der Waals surface area (Å²) in [6.45, 7) is 2.11. The number of aryl methyl sites for hydroxylation is 1. The molecule has 4 N–H and O–H groups in total. The molecule has 0 saturated carbocycles. The Hall–Kier alpha value is -4.20. The molecule has 13 nitrogen and oxygen atoms in total. The summed E-state index contributed by atoms with van der Waals surface area (Å²) >= 11 is 0. The fourth-order valence-electron chi connectivity index (χ4n) is 4.81. The van der Waals surface area contributed by atoms with Gasteiger partial charge in [-0.3, -0.25) is 24.4 Å². The van der Waals surface area contributed by atoms with Crippen LogP contribution in [0.15, 0.2) is 64.9 Å². The molecule has 0 atom stereocenters. The van der Waals surface area contributed by atoms with Gasteiger partial charge in [0.1, 0.15) is 6.61 Å². The molecule has 224 valence electrons. The Morgan fingerprint density at radius 3 is 2.60 bits per heavy atom. The van der Waals surface area contributed by atoms with Gasteiger partial charge < -0.3 is 24.8 Å². The minimum Gasteiger partial charge on any atom is -0.388 e. The first kappa shape index (κ1) is 30.8. The minimum absolute atomic E-state index is 0.0656. The third-order valence-electron chi connectivity index (χ3n) is 7.13. The molecule has 2 aromatic carbocycles. The van der Waals surface area contributed by atoms with Crippen LogP contribution in [-0.2, 0) is 32.0 Å². The summed E-state index contributed by atoms with van der Waals surface area (Å²) in [4.78, 5) is 44.2. The first-order chi connectivity index (χ1) is 20.4. The van der Waals surface area contributed by atoms with Crippen LogP contribution < -0.4 is 16.3 Å². The zero-order chi connectivity index (χ0) is 29.8. The van der Waals surface area contributed by atoms with E-state index in [1.807, 2.05) is 30.3 Å². The Labute approximate surface area is 243 Å². The van der Waals surface area contributed by atoms with Gasteiger partial charge in [0.2, 0.25) is 11.8 Å². The first-order valence-electron chi connectivity index (χ1n) is 13.9. The molecule has 1 saturated heterocycles. The van der Waals surface area contributed by atoms with Gasteiger partial charge in [0.15, 0.2) is 0 Å². The number of aliphatic hydroxyl groups is 1. The highest BCUT2D eigenvalue weighted by Crippen LogP contribution is 2.25. The van der Waals surface area contributed by atoms with Crippen molar-refractivity contribution >= 4 is 28.4 Å². The lowest BCUT2D eigenvalue weighted by Gasteiger charge is -2.38. The Balaban J connectivity index is 1.25. The SMILES string of the molecule is N=NNCCOCCOCC(=O)Nc1ccc2c(=O)n(CC3(O)CCN(C(=O)CCc4ccccc4)CC3)cnc2c1. The molecule has 0 bridgehead atoms. The van der Waals surface area contributed by atoms with Gasteiger partial charge in [0.25, 0.3) is 5.56 Å². The van der Waals surface area contributed by atoms with Crippen molar-refractivity contribution in [3.63, 3.8) is 0 Å². The van der Waals surface area contributed by atoms with Crippen molar-refractivity contribution in [3.05, 3.63) is 70.8 Å². The van der Waals surface area contributed by atoms with E-state index in [4.69, 9.17) is 15.0 Å². The molecule has 1 aromatic heterocycles. The molecular formula is C29H37N7O6. The van der Waals surface area contributed by atoms with E-state index >= 15 is 0 Å². The number of likely N-dealkylation sites (tertiary alicyclic amines) is 1. The number of amides is 2. The smallest absolute Gasteiger partial charge is 0.261 e. The standard InChI is InChI=1S/C29H37N7O6/c30-34-32-12-15-41-16-17-42-19-26(37)33-23-7-8-24-25(18-23)31-21-36(28(24)39)20-29(40)10-13-35(14-11-29)27(38)9-6-22-4-2-1-3-5-22/h1-5,7-8,18,21,40H,6,9-17,19-20H2,(H2,30,32)(H,33,37). The topological polar surface area (TPSA) is 171 Å². The third kappa shape index (κ3) is 8.90. The van der Waals surface area contributed by atoms with Gasteiger partial charge in [-0.15, -0.1) is 0 Å². The molecule has 0 unspecified atom stereocenters. The number of anilines is 1. The van der Waals surface area contributed by atoms with Gasteiger partial charge >= 0.3 is 0 Å². The highest BCUT2D eigenvalue weighted by atomic mass is 16.5. The van der Waals surface area contributed by atoms with E-state index in [1.165, 1.54) is 10.9 Å². The number of rotatable bonds is 15. The normalized spacial score (nSPS) is 14.5. The van der Waals surface area contributed by atoms with Crippen molar-refractivity contribution in [2.45, 2.75) is 37.8 Å². The number of carbonyl (C=O) groups is 2. The second kappa shape index (κ2) is 15.1. The van der Waals surface area contributed by atoms with Crippen LogP contribution in [-0.4, -0.2) is 83.0 Å². The molecular weight excluding hydrogens is 542 g/mol. The van der Waals surface area contributed by atoms with E-state index in [0.29, 0.717) is 75.1 Å². The first-order valence-corrected chi connectivity index (χ1v) is 13.9. The van der Waals surface area contributed by atoms with E-state index in [0.717, 1.165) is 5.56 Å². The molecule has 42 heavy (non-hydrogen) atoms. The molecule has 2 heterocycles. The average molecular weight is 580 g/mol. The molecule has 1 aliphatic rings. The predicted molar refractivity (Wildman–Crippen MR) is 155 cm³/mol. The summed E-state index contributed by atoms with van der Waals surface area (Å²) in [5.74, 6) is -0.291. The molecule has 0 aliphatic carbocycles. The maximum absolute atomic E-state index is 13.2. The van der Waals surface area contributed by atoms with Crippen molar-refractivity contribution in [2.75, 3.05) is 51.4 Å². The second-order valence-electron chi connectivity index (χ2n) is 10.2. The number of ether oxygens (including phenoxy) is 2. The number of aromatic nitrogens is 2. The Morgan fingerprint density at radius 2 is 1.83 bits per heavy atom. The molecule has 0 radical (unpaired) electrons. The van der Waals surface area contributed by atoms with Gasteiger partial charge in [-0.25, -0.2) is 4.98 Å². The number of benzene rings is 2. The highest BCUT2D eigenvalue weighted by molar-refractivity contribution is 5.94. The van der Waals surface area contributed by atoms with Crippen molar-refractivity contribution in [3.8, 4) is 0 Å². The quantitative estimate of drug-likeness (QED) is 0.120. The van der Waals surface area contributed by atoms with Crippen LogP contribution >= 0.6 is 0 Å². The number of nitrogens with zero attached hydrogens (tertiary/aromatic N) is 4. The highest BCUT2D eigenvalue weighted by Gasteiger charge is 2.34. The van der Waals surface area contributed by atoms with Gasteiger partial charge in [0, 0.05) is 25.2 Å². The summed E-state index contributed by atoms with van der Waals surface area (Å²) in [7, 11) is 0. The van der Waals surface area contributed by atoms with Crippen LogP contribution in [0.4, 0.5) is 5.69 Å². The second-order valence-corrected chi connectivity index (χ2v) is 10.2. The van der Waals surface area contributed by atoms with Gasteiger partial charge in [-0.05, 0) is 43.0 Å². The minimum atomic E-state index is -1.12. The summed E-state index contributed by atoms with van der Waals surface area (Å²) in [5, 5.41) is 17.3. The lowest BCUT2D eigenvalue weighted by Crippen LogP contribution is -2.49. The van der Waals surface area contributed by atoms with E-state index in [-0.39, 0.29) is 37.1 Å². The number of carbonyl (C=O) groups excluding carboxylic acids is 2. The fraction of sp³-hybridized carbons (Fsp3) is 0.448. The average Bonchev–Trinajstić information content (AvgIpc) is 2.99. The van der Waals surface area contributed by atoms with Crippen LogP contribution in [0.1, 0.15) is 24.8 Å². The number of piperidine rings is 1. The number of nitrogens with one attached hydrogen (secondary N) is 3. The molecule has 13 heteroatoms.